The molecule has 0 radical (unpaired) electrons. The van der Waals surface area contributed by atoms with E-state index >= 15 is 0 Å². The predicted octanol–water partition coefficient (Wildman–Crippen LogP) is 2.36. The molecule has 0 saturated heterocycles. The first-order valence-corrected chi connectivity index (χ1v) is 3.42. The zero-order chi connectivity index (χ0) is 6.85. The third-order valence-electron chi connectivity index (χ3n) is 1.47. The lowest BCUT2D eigenvalue weighted by Crippen LogP contribution is -1.81. The minimum Gasteiger partial charge on any atom is -0.304 e. The highest BCUT2D eigenvalue weighted by atomic mass is 35.5. The Bertz CT molecular complexity index is 250. The van der Waals surface area contributed by atoms with Crippen molar-refractivity contribution in [1.82, 2.24) is 10.2 Å². The Morgan fingerprint density at radius 2 is 2.00 bits per heavy atom. The summed E-state index contributed by atoms with van der Waals surface area (Å²) in [5.41, 5.74) is 2.38. The number of aromatic nitrogens is 2. The molecule has 0 bridgehead atoms. The van der Waals surface area contributed by atoms with Gasteiger partial charge in [0.25, 0.3) is 0 Å². The molecule has 1 heterocycles. The lowest BCUT2D eigenvalue weighted by atomic mass is 10.2. The van der Waals surface area contributed by atoms with E-state index in [2.05, 4.69) is 17.1 Å². The maximum absolute atomic E-state index is 4.95. The van der Waals surface area contributed by atoms with Crippen molar-refractivity contribution in [3.8, 4) is 0 Å². The first-order valence-electron chi connectivity index (χ1n) is 3.01. The fourth-order valence-electron chi connectivity index (χ4n) is 0.810. The molecule has 0 aliphatic rings. The standard InChI is InChI=1S/C6H10N2S.ClH/c1-3-5-4(2)6(9)8-7-5;/h3H2,1-2H3,(H2,7,8,9);1H. The molecule has 0 fully saturated rings. The van der Waals surface area contributed by atoms with Gasteiger partial charge in [0.2, 0.25) is 0 Å². The molecular weight excluding hydrogens is 168 g/mol. The first-order chi connectivity index (χ1) is 4.25. The SMILES string of the molecule is CCc1[nH][nH]c(=S)c1C.Cl. The Balaban J connectivity index is 0.000000810. The normalized spacial score (nSPS) is 9.00. The van der Waals surface area contributed by atoms with E-state index in [9.17, 15) is 0 Å². The molecule has 0 aliphatic heterocycles. The summed E-state index contributed by atoms with van der Waals surface area (Å²) in [6, 6.07) is 0. The van der Waals surface area contributed by atoms with E-state index in [1.807, 2.05) is 6.92 Å². The molecule has 0 spiro atoms. The van der Waals surface area contributed by atoms with Crippen molar-refractivity contribution in [2.24, 2.45) is 0 Å². The van der Waals surface area contributed by atoms with Gasteiger partial charge in [-0.15, -0.1) is 12.4 Å². The summed E-state index contributed by atoms with van der Waals surface area (Å²) in [6.07, 6.45) is 1.01. The largest absolute Gasteiger partial charge is 0.304 e. The van der Waals surface area contributed by atoms with Gasteiger partial charge in [0.15, 0.2) is 0 Å². The number of hydrogen-bond donors (Lipinski definition) is 2. The van der Waals surface area contributed by atoms with E-state index in [1.165, 1.54) is 11.3 Å². The van der Waals surface area contributed by atoms with Crippen molar-refractivity contribution in [3.05, 3.63) is 15.9 Å². The fourth-order valence-corrected chi connectivity index (χ4v) is 0.985. The van der Waals surface area contributed by atoms with Crippen molar-refractivity contribution < 1.29 is 0 Å². The van der Waals surface area contributed by atoms with Crippen LogP contribution >= 0.6 is 24.6 Å². The fraction of sp³-hybridized carbons (Fsp3) is 0.500. The first kappa shape index (κ1) is 9.72. The molecular formula is C6H11ClN2S. The predicted molar refractivity (Wildman–Crippen MR) is 47.3 cm³/mol. The highest BCUT2D eigenvalue weighted by molar-refractivity contribution is 7.71. The van der Waals surface area contributed by atoms with Gasteiger partial charge in [0.1, 0.15) is 4.64 Å². The molecule has 58 valence electrons. The average molecular weight is 179 g/mol. The molecule has 1 aromatic rings. The average Bonchev–Trinajstić information content (AvgIpc) is 2.15. The van der Waals surface area contributed by atoms with Crippen LogP contribution in [0.15, 0.2) is 0 Å². The summed E-state index contributed by atoms with van der Waals surface area (Å²) in [5, 5.41) is 5.87. The minimum absolute atomic E-state index is 0. The molecule has 0 aliphatic carbocycles. The Morgan fingerprint density at radius 1 is 1.40 bits per heavy atom. The van der Waals surface area contributed by atoms with E-state index in [0.29, 0.717) is 0 Å². The van der Waals surface area contributed by atoms with E-state index in [0.717, 1.165) is 11.1 Å². The molecule has 0 unspecified atom stereocenters. The molecule has 1 rings (SSSR count). The molecule has 2 nitrogen and oxygen atoms in total. The van der Waals surface area contributed by atoms with Crippen LogP contribution in [0.25, 0.3) is 0 Å². The van der Waals surface area contributed by atoms with E-state index in [4.69, 9.17) is 12.2 Å². The topological polar surface area (TPSA) is 31.6 Å². The van der Waals surface area contributed by atoms with Crippen LogP contribution in [0.4, 0.5) is 0 Å². The van der Waals surface area contributed by atoms with Crippen molar-refractivity contribution in [2.45, 2.75) is 20.3 Å². The van der Waals surface area contributed by atoms with Crippen LogP contribution in [0.3, 0.4) is 0 Å². The van der Waals surface area contributed by atoms with Crippen molar-refractivity contribution in [2.75, 3.05) is 0 Å². The summed E-state index contributed by atoms with van der Waals surface area (Å²) in [4.78, 5) is 0. The number of hydrogen-bond acceptors (Lipinski definition) is 1. The molecule has 10 heavy (non-hydrogen) atoms. The van der Waals surface area contributed by atoms with Crippen molar-refractivity contribution in [3.63, 3.8) is 0 Å². The van der Waals surface area contributed by atoms with Gasteiger partial charge < -0.3 is 5.10 Å². The smallest absolute Gasteiger partial charge is 0.122 e. The van der Waals surface area contributed by atoms with Crippen LogP contribution < -0.4 is 0 Å². The highest BCUT2D eigenvalue weighted by Gasteiger charge is 1.96. The third kappa shape index (κ3) is 1.61. The lowest BCUT2D eigenvalue weighted by Gasteiger charge is -1.87. The maximum Gasteiger partial charge on any atom is 0.122 e. The van der Waals surface area contributed by atoms with Gasteiger partial charge >= 0.3 is 0 Å². The zero-order valence-corrected chi connectivity index (χ0v) is 7.66. The summed E-state index contributed by atoms with van der Waals surface area (Å²) < 4.78 is 0.826. The number of H-pyrrole nitrogens is 2. The minimum atomic E-state index is 0. The van der Waals surface area contributed by atoms with E-state index < -0.39 is 0 Å². The Kier molecular flexibility index (Phi) is 3.68. The van der Waals surface area contributed by atoms with Gasteiger partial charge in [0, 0.05) is 11.3 Å². The summed E-state index contributed by atoms with van der Waals surface area (Å²) in [6.45, 7) is 4.12. The molecule has 0 atom stereocenters. The van der Waals surface area contributed by atoms with Crippen LogP contribution in [-0.4, -0.2) is 10.2 Å². The quantitative estimate of drug-likeness (QED) is 0.636. The van der Waals surface area contributed by atoms with Crippen LogP contribution in [0.2, 0.25) is 0 Å². The van der Waals surface area contributed by atoms with E-state index in [-0.39, 0.29) is 12.4 Å². The van der Waals surface area contributed by atoms with Gasteiger partial charge in [-0.2, -0.15) is 0 Å². The second-order valence-corrected chi connectivity index (χ2v) is 2.44. The van der Waals surface area contributed by atoms with Gasteiger partial charge in [-0.3, -0.25) is 5.10 Å². The van der Waals surface area contributed by atoms with Crippen LogP contribution in [0.5, 0.6) is 0 Å². The second kappa shape index (κ2) is 3.78. The Labute approximate surface area is 71.4 Å². The Hall–Kier alpha value is -0.280. The summed E-state index contributed by atoms with van der Waals surface area (Å²) in [5.74, 6) is 0. The number of nitrogens with one attached hydrogen (secondary N) is 2. The van der Waals surface area contributed by atoms with Gasteiger partial charge in [-0.25, -0.2) is 0 Å². The lowest BCUT2D eigenvalue weighted by molar-refractivity contribution is 0.966. The number of aromatic amines is 2. The van der Waals surface area contributed by atoms with Crippen molar-refractivity contribution >= 4 is 24.6 Å². The van der Waals surface area contributed by atoms with Gasteiger partial charge in [-0.1, -0.05) is 19.1 Å². The highest BCUT2D eigenvalue weighted by Crippen LogP contribution is 2.04. The molecule has 2 N–H and O–H groups in total. The number of aryl methyl sites for hydroxylation is 1. The molecule has 1 aromatic heterocycles. The molecule has 0 saturated carbocycles. The summed E-state index contributed by atoms with van der Waals surface area (Å²) >= 11 is 4.95. The Morgan fingerprint density at radius 3 is 2.20 bits per heavy atom. The monoisotopic (exact) mass is 178 g/mol. The third-order valence-corrected chi connectivity index (χ3v) is 1.88. The van der Waals surface area contributed by atoms with Gasteiger partial charge in [0.05, 0.1) is 0 Å². The molecule has 0 amide bonds. The van der Waals surface area contributed by atoms with Crippen LogP contribution in [0.1, 0.15) is 18.2 Å². The molecule has 0 aromatic carbocycles. The van der Waals surface area contributed by atoms with Crippen molar-refractivity contribution in [1.29, 1.82) is 0 Å². The maximum atomic E-state index is 4.95. The van der Waals surface area contributed by atoms with Gasteiger partial charge in [-0.05, 0) is 13.3 Å². The van der Waals surface area contributed by atoms with E-state index in [1.54, 1.807) is 0 Å². The number of rotatable bonds is 1. The van der Waals surface area contributed by atoms with Crippen LogP contribution in [-0.2, 0) is 6.42 Å². The summed E-state index contributed by atoms with van der Waals surface area (Å²) in [7, 11) is 0. The zero-order valence-electron chi connectivity index (χ0n) is 6.02. The van der Waals surface area contributed by atoms with Crippen LogP contribution in [0, 0.1) is 11.6 Å². The molecule has 4 heteroatoms. The second-order valence-electron chi connectivity index (χ2n) is 2.04. The number of halogens is 1.